The molecule has 0 spiro atoms. The molecule has 1 amide bonds. The Kier molecular flexibility index (Phi) is 5.59. The summed E-state index contributed by atoms with van der Waals surface area (Å²) in [7, 11) is 3.03. The molecule has 1 heterocycles. The van der Waals surface area contributed by atoms with Crippen LogP contribution in [0.25, 0.3) is 0 Å². The number of hydrogen-bond donors (Lipinski definition) is 0. The zero-order chi connectivity index (χ0) is 22.1. The zero-order valence-corrected chi connectivity index (χ0v) is 17.0. The van der Waals surface area contributed by atoms with Crippen LogP contribution in [-0.2, 0) is 6.42 Å². The molecule has 3 aromatic carbocycles. The van der Waals surface area contributed by atoms with Gasteiger partial charge in [-0.3, -0.25) is 4.79 Å². The molecule has 1 aliphatic heterocycles. The summed E-state index contributed by atoms with van der Waals surface area (Å²) in [5.74, 6) is -2.06. The molecule has 1 aliphatic rings. The summed E-state index contributed by atoms with van der Waals surface area (Å²) in [5, 5.41) is 0. The molecule has 0 radical (unpaired) electrons. The van der Waals surface area contributed by atoms with Crippen LogP contribution < -0.4 is 9.47 Å². The Hall–Kier alpha value is -3.48. The normalized spacial score (nSPS) is 15.4. The van der Waals surface area contributed by atoms with E-state index in [2.05, 4.69) is 0 Å². The van der Waals surface area contributed by atoms with Gasteiger partial charge in [-0.05, 0) is 59.5 Å². The highest BCUT2D eigenvalue weighted by Gasteiger charge is 2.35. The van der Waals surface area contributed by atoms with Crippen molar-refractivity contribution in [2.45, 2.75) is 12.5 Å². The SMILES string of the molecule is COc1cc2c(cc1OC)[C@@H](c1ccc(F)cc1)N(C(=O)c1c(F)cccc1F)CC2. The van der Waals surface area contributed by atoms with Gasteiger partial charge in [-0.25, -0.2) is 13.2 Å². The standard InChI is InChI=1S/C24H20F3NO3/c1-30-20-12-15-10-11-28(24(29)22-18(26)4-3-5-19(22)27)23(17(15)13-21(20)31-2)14-6-8-16(25)9-7-14/h3-9,12-13,23H,10-11H2,1-2H3/t23-/m1/s1. The molecule has 0 fully saturated rings. The van der Waals surface area contributed by atoms with E-state index in [9.17, 15) is 18.0 Å². The minimum absolute atomic E-state index is 0.219. The number of fused-ring (bicyclic) bond motifs is 1. The van der Waals surface area contributed by atoms with Gasteiger partial charge in [-0.1, -0.05) is 18.2 Å². The predicted octanol–water partition coefficient (Wildman–Crippen LogP) is 4.91. The van der Waals surface area contributed by atoms with Crippen LogP contribution >= 0.6 is 0 Å². The van der Waals surface area contributed by atoms with Crippen molar-refractivity contribution in [3.05, 3.63) is 94.3 Å². The maximum absolute atomic E-state index is 14.4. The quantitative estimate of drug-likeness (QED) is 0.594. The van der Waals surface area contributed by atoms with E-state index in [1.165, 1.54) is 37.3 Å². The first-order chi connectivity index (χ1) is 14.9. The summed E-state index contributed by atoms with van der Waals surface area (Å²) in [6.45, 7) is 0.219. The van der Waals surface area contributed by atoms with Gasteiger partial charge in [-0.15, -0.1) is 0 Å². The molecule has 0 aliphatic carbocycles. The average molecular weight is 427 g/mol. The van der Waals surface area contributed by atoms with Crippen molar-refractivity contribution >= 4 is 5.91 Å². The third-order valence-electron chi connectivity index (χ3n) is 5.50. The summed E-state index contributed by atoms with van der Waals surface area (Å²) >= 11 is 0. The molecule has 0 N–H and O–H groups in total. The van der Waals surface area contributed by atoms with E-state index in [4.69, 9.17) is 9.47 Å². The monoisotopic (exact) mass is 427 g/mol. The lowest BCUT2D eigenvalue weighted by Crippen LogP contribution is -2.41. The van der Waals surface area contributed by atoms with Gasteiger partial charge < -0.3 is 14.4 Å². The van der Waals surface area contributed by atoms with Gasteiger partial charge in [0.2, 0.25) is 0 Å². The lowest BCUT2D eigenvalue weighted by Gasteiger charge is -2.38. The highest BCUT2D eigenvalue weighted by molar-refractivity contribution is 5.95. The number of rotatable bonds is 4. The van der Waals surface area contributed by atoms with Crippen LogP contribution in [0.3, 0.4) is 0 Å². The molecule has 1 atom stereocenters. The zero-order valence-electron chi connectivity index (χ0n) is 17.0. The summed E-state index contributed by atoms with van der Waals surface area (Å²) in [4.78, 5) is 14.7. The first-order valence-corrected chi connectivity index (χ1v) is 9.69. The van der Waals surface area contributed by atoms with Crippen molar-refractivity contribution in [3.63, 3.8) is 0 Å². The Labute approximate surface area is 177 Å². The third kappa shape index (κ3) is 3.71. The number of methoxy groups -OCH3 is 2. The topological polar surface area (TPSA) is 38.8 Å². The summed E-state index contributed by atoms with van der Waals surface area (Å²) < 4.78 is 53.1. The minimum Gasteiger partial charge on any atom is -0.493 e. The number of nitrogens with zero attached hydrogens (tertiary/aromatic N) is 1. The van der Waals surface area contributed by atoms with Crippen molar-refractivity contribution in [1.29, 1.82) is 0 Å². The van der Waals surface area contributed by atoms with E-state index in [0.717, 1.165) is 23.3 Å². The Bertz CT molecular complexity index is 1110. The molecule has 7 heteroatoms. The number of carbonyl (C=O) groups excluding carboxylic acids is 1. The highest BCUT2D eigenvalue weighted by atomic mass is 19.1. The molecule has 31 heavy (non-hydrogen) atoms. The van der Waals surface area contributed by atoms with Gasteiger partial charge in [0.1, 0.15) is 23.0 Å². The summed E-state index contributed by atoms with van der Waals surface area (Å²) in [6.07, 6.45) is 0.454. The lowest BCUT2D eigenvalue weighted by molar-refractivity contribution is 0.0684. The highest BCUT2D eigenvalue weighted by Crippen LogP contribution is 2.41. The van der Waals surface area contributed by atoms with E-state index < -0.39 is 35.0 Å². The fourth-order valence-corrected chi connectivity index (χ4v) is 4.01. The second-order valence-corrected chi connectivity index (χ2v) is 7.21. The van der Waals surface area contributed by atoms with Crippen LogP contribution in [0.1, 0.15) is 33.1 Å². The largest absolute Gasteiger partial charge is 0.493 e. The summed E-state index contributed by atoms with van der Waals surface area (Å²) in [5.41, 5.74) is 1.63. The van der Waals surface area contributed by atoms with E-state index in [1.54, 1.807) is 18.2 Å². The Morgan fingerprint density at radius 1 is 0.935 bits per heavy atom. The Morgan fingerprint density at radius 3 is 2.16 bits per heavy atom. The molecule has 0 saturated heterocycles. The maximum atomic E-state index is 14.4. The molecule has 3 aromatic rings. The molecular weight excluding hydrogens is 407 g/mol. The number of benzene rings is 3. The van der Waals surface area contributed by atoms with Gasteiger partial charge in [0.15, 0.2) is 11.5 Å². The van der Waals surface area contributed by atoms with E-state index in [1.807, 2.05) is 6.07 Å². The minimum atomic E-state index is -0.930. The van der Waals surface area contributed by atoms with Crippen molar-refractivity contribution in [2.75, 3.05) is 20.8 Å². The first kappa shape index (κ1) is 20.8. The second-order valence-electron chi connectivity index (χ2n) is 7.21. The number of halogens is 3. The van der Waals surface area contributed by atoms with Crippen LogP contribution in [0.4, 0.5) is 13.2 Å². The van der Waals surface area contributed by atoms with Crippen LogP contribution in [0, 0.1) is 17.5 Å². The van der Waals surface area contributed by atoms with Gasteiger partial charge in [0.25, 0.3) is 5.91 Å². The van der Waals surface area contributed by atoms with Gasteiger partial charge in [0, 0.05) is 6.54 Å². The van der Waals surface area contributed by atoms with E-state index in [0.29, 0.717) is 23.5 Å². The average Bonchev–Trinajstić information content (AvgIpc) is 2.77. The van der Waals surface area contributed by atoms with Gasteiger partial charge >= 0.3 is 0 Å². The van der Waals surface area contributed by atoms with E-state index in [-0.39, 0.29) is 6.54 Å². The number of carbonyl (C=O) groups is 1. The van der Waals surface area contributed by atoms with Crippen molar-refractivity contribution in [2.24, 2.45) is 0 Å². The van der Waals surface area contributed by atoms with Crippen LogP contribution in [0.2, 0.25) is 0 Å². The fourth-order valence-electron chi connectivity index (χ4n) is 4.01. The lowest BCUT2D eigenvalue weighted by atomic mass is 9.87. The smallest absolute Gasteiger partial charge is 0.260 e. The van der Waals surface area contributed by atoms with Crippen molar-refractivity contribution in [3.8, 4) is 11.5 Å². The number of ether oxygens (including phenoxy) is 2. The molecule has 0 bridgehead atoms. The Balaban J connectivity index is 1.88. The van der Waals surface area contributed by atoms with Crippen molar-refractivity contribution < 1.29 is 27.4 Å². The molecule has 160 valence electrons. The molecule has 0 saturated carbocycles. The van der Waals surface area contributed by atoms with E-state index >= 15 is 0 Å². The Morgan fingerprint density at radius 2 is 1.55 bits per heavy atom. The maximum Gasteiger partial charge on any atom is 0.260 e. The predicted molar refractivity (Wildman–Crippen MR) is 109 cm³/mol. The number of hydrogen-bond acceptors (Lipinski definition) is 3. The van der Waals surface area contributed by atoms with Crippen molar-refractivity contribution in [1.82, 2.24) is 4.90 Å². The third-order valence-corrected chi connectivity index (χ3v) is 5.50. The van der Waals surface area contributed by atoms with Gasteiger partial charge in [0.05, 0.1) is 20.3 Å². The second kappa shape index (κ2) is 8.34. The molecule has 4 rings (SSSR count). The molecule has 0 unspecified atom stereocenters. The molecule has 4 nitrogen and oxygen atoms in total. The summed E-state index contributed by atoms with van der Waals surface area (Å²) in [6, 6.07) is 11.9. The van der Waals surface area contributed by atoms with Crippen LogP contribution in [0.15, 0.2) is 54.6 Å². The van der Waals surface area contributed by atoms with Crippen LogP contribution in [-0.4, -0.2) is 31.6 Å². The van der Waals surface area contributed by atoms with Gasteiger partial charge in [-0.2, -0.15) is 0 Å². The number of amides is 1. The first-order valence-electron chi connectivity index (χ1n) is 9.69. The molecular formula is C24H20F3NO3. The van der Waals surface area contributed by atoms with Crippen LogP contribution in [0.5, 0.6) is 11.5 Å². The fraction of sp³-hybridized carbons (Fsp3) is 0.208. The molecule has 0 aromatic heterocycles.